The van der Waals surface area contributed by atoms with E-state index in [1.54, 1.807) is 0 Å². The van der Waals surface area contributed by atoms with Crippen molar-refractivity contribution in [2.75, 3.05) is 0 Å². The van der Waals surface area contributed by atoms with Crippen LogP contribution in [-0.4, -0.2) is 0 Å². The van der Waals surface area contributed by atoms with Crippen molar-refractivity contribution in [3.05, 3.63) is 158 Å². The average molecular weight is 563 g/mol. The third-order valence-electron chi connectivity index (χ3n) is 8.68. The predicted octanol–water partition coefficient (Wildman–Crippen LogP) is 12.2. The maximum absolute atomic E-state index is 6.48. The van der Waals surface area contributed by atoms with Crippen molar-refractivity contribution >= 4 is 43.9 Å². The van der Waals surface area contributed by atoms with Crippen molar-refractivity contribution in [1.29, 1.82) is 0 Å². The maximum Gasteiger partial charge on any atom is 0.178 e. The van der Waals surface area contributed by atoms with E-state index in [0.717, 1.165) is 55.0 Å². The van der Waals surface area contributed by atoms with E-state index in [2.05, 4.69) is 140 Å². The first-order chi connectivity index (χ1) is 21.8. The van der Waals surface area contributed by atoms with Gasteiger partial charge in [-0.15, -0.1) is 0 Å². The van der Waals surface area contributed by atoms with Gasteiger partial charge >= 0.3 is 0 Å². The lowest BCUT2D eigenvalue weighted by atomic mass is 9.94. The summed E-state index contributed by atoms with van der Waals surface area (Å²) in [6.45, 7) is 0. The van der Waals surface area contributed by atoms with Crippen LogP contribution >= 0.6 is 0 Å². The van der Waals surface area contributed by atoms with Gasteiger partial charge in [-0.25, -0.2) is 0 Å². The quantitative estimate of drug-likeness (QED) is 0.213. The Morgan fingerprint density at radius 1 is 0.250 bits per heavy atom. The SMILES string of the molecule is c1ccc(-c2cccc(-c3cccc(-c4cccc(-c5ccc6c(c5)oc5c6ccc6c7ccccc7oc65)c4)c3)c2)cc1. The van der Waals surface area contributed by atoms with Crippen LogP contribution in [0, 0.1) is 0 Å². The third-order valence-corrected chi connectivity index (χ3v) is 8.68. The van der Waals surface area contributed by atoms with E-state index in [1.165, 1.54) is 33.4 Å². The predicted molar refractivity (Wildman–Crippen MR) is 183 cm³/mol. The molecule has 206 valence electrons. The van der Waals surface area contributed by atoms with E-state index in [9.17, 15) is 0 Å². The van der Waals surface area contributed by atoms with Gasteiger partial charge in [0.05, 0.1) is 0 Å². The molecule has 2 nitrogen and oxygen atoms in total. The topological polar surface area (TPSA) is 26.3 Å². The molecule has 2 heteroatoms. The standard InChI is InChI=1S/C42H26O2/c1-2-9-27(10-3-1)28-11-6-12-29(23-28)30-13-7-14-31(24-30)32-15-8-16-33(25-32)34-19-20-36-38-22-21-37-35-17-4-5-18-39(35)43-41(37)42(38)44-40(36)26-34/h1-26H. The number of hydrogen-bond acceptors (Lipinski definition) is 2. The number of para-hydroxylation sites is 1. The van der Waals surface area contributed by atoms with Crippen molar-refractivity contribution in [2.24, 2.45) is 0 Å². The zero-order chi connectivity index (χ0) is 29.0. The Morgan fingerprint density at radius 3 is 1.25 bits per heavy atom. The van der Waals surface area contributed by atoms with Crippen LogP contribution in [0.15, 0.2) is 167 Å². The third kappa shape index (κ3) is 4.04. The van der Waals surface area contributed by atoms with Gasteiger partial charge in [-0.05, 0) is 93.0 Å². The summed E-state index contributed by atoms with van der Waals surface area (Å²) < 4.78 is 12.7. The summed E-state index contributed by atoms with van der Waals surface area (Å²) in [5.74, 6) is 0. The normalized spacial score (nSPS) is 11.6. The maximum atomic E-state index is 6.48. The van der Waals surface area contributed by atoms with Gasteiger partial charge in [-0.2, -0.15) is 0 Å². The highest BCUT2D eigenvalue weighted by atomic mass is 16.4. The molecule has 2 heterocycles. The molecule has 0 bridgehead atoms. The monoisotopic (exact) mass is 562 g/mol. The smallest absolute Gasteiger partial charge is 0.178 e. The molecule has 0 saturated carbocycles. The van der Waals surface area contributed by atoms with Gasteiger partial charge in [0.15, 0.2) is 11.2 Å². The van der Waals surface area contributed by atoms with Crippen molar-refractivity contribution in [3.63, 3.8) is 0 Å². The Hall–Kier alpha value is -5.86. The van der Waals surface area contributed by atoms with Gasteiger partial charge < -0.3 is 8.83 Å². The number of rotatable bonds is 4. The minimum atomic E-state index is 0.799. The van der Waals surface area contributed by atoms with Crippen LogP contribution in [0.4, 0.5) is 0 Å². The number of furan rings is 2. The Kier molecular flexibility index (Phi) is 5.54. The molecule has 9 rings (SSSR count). The van der Waals surface area contributed by atoms with Gasteiger partial charge in [-0.1, -0.05) is 109 Å². The fraction of sp³-hybridized carbons (Fsp3) is 0. The van der Waals surface area contributed by atoms with Crippen molar-refractivity contribution in [1.82, 2.24) is 0 Å². The Labute approximate surface area is 254 Å². The van der Waals surface area contributed by atoms with E-state index >= 15 is 0 Å². The van der Waals surface area contributed by atoms with E-state index in [0.29, 0.717) is 0 Å². The first kappa shape index (κ1) is 24.7. The van der Waals surface area contributed by atoms with Crippen molar-refractivity contribution < 1.29 is 8.83 Å². The average Bonchev–Trinajstić information content (AvgIpc) is 3.67. The second kappa shape index (κ2) is 9.86. The highest BCUT2D eigenvalue weighted by Gasteiger charge is 2.16. The molecule has 2 aromatic heterocycles. The number of benzene rings is 7. The Balaban J connectivity index is 1.09. The second-order valence-corrected chi connectivity index (χ2v) is 11.3. The minimum absolute atomic E-state index is 0.799. The summed E-state index contributed by atoms with van der Waals surface area (Å²) in [5, 5.41) is 4.34. The van der Waals surface area contributed by atoms with Crippen LogP contribution < -0.4 is 0 Å². The van der Waals surface area contributed by atoms with E-state index < -0.39 is 0 Å². The molecule has 0 fully saturated rings. The first-order valence-corrected chi connectivity index (χ1v) is 14.9. The second-order valence-electron chi connectivity index (χ2n) is 11.3. The molecule has 0 N–H and O–H groups in total. The lowest BCUT2D eigenvalue weighted by Crippen LogP contribution is -1.84. The summed E-state index contributed by atoms with van der Waals surface area (Å²) in [4.78, 5) is 0. The van der Waals surface area contributed by atoms with Gasteiger partial charge in [0.2, 0.25) is 0 Å². The number of hydrogen-bond donors (Lipinski definition) is 0. The molecule has 0 aliphatic heterocycles. The fourth-order valence-corrected chi connectivity index (χ4v) is 6.46. The molecule has 0 unspecified atom stereocenters. The molecule has 44 heavy (non-hydrogen) atoms. The lowest BCUT2D eigenvalue weighted by molar-refractivity contribution is 0.633. The zero-order valence-electron chi connectivity index (χ0n) is 23.8. The van der Waals surface area contributed by atoms with Crippen LogP contribution in [-0.2, 0) is 0 Å². The molecule has 0 aliphatic rings. The minimum Gasteiger partial charge on any atom is -0.452 e. The Morgan fingerprint density at radius 2 is 0.659 bits per heavy atom. The zero-order valence-corrected chi connectivity index (χ0v) is 23.8. The van der Waals surface area contributed by atoms with E-state index in [4.69, 9.17) is 8.83 Å². The van der Waals surface area contributed by atoms with E-state index in [1.807, 2.05) is 18.2 Å². The molecule has 0 atom stereocenters. The van der Waals surface area contributed by atoms with Crippen LogP contribution in [0.25, 0.3) is 88.4 Å². The van der Waals surface area contributed by atoms with Gasteiger partial charge in [0.25, 0.3) is 0 Å². The summed E-state index contributed by atoms with van der Waals surface area (Å²) in [7, 11) is 0. The molecule has 0 amide bonds. The Bertz CT molecular complexity index is 2490. The van der Waals surface area contributed by atoms with Gasteiger partial charge in [-0.3, -0.25) is 0 Å². The van der Waals surface area contributed by atoms with Crippen molar-refractivity contribution in [2.45, 2.75) is 0 Å². The fourth-order valence-electron chi connectivity index (χ4n) is 6.46. The molecular formula is C42H26O2. The van der Waals surface area contributed by atoms with Crippen LogP contribution in [0.5, 0.6) is 0 Å². The summed E-state index contributed by atoms with van der Waals surface area (Å²) in [5.41, 5.74) is 12.8. The summed E-state index contributed by atoms with van der Waals surface area (Å²) in [6.07, 6.45) is 0. The van der Waals surface area contributed by atoms with Gasteiger partial charge in [0.1, 0.15) is 11.2 Å². The first-order valence-electron chi connectivity index (χ1n) is 14.9. The molecular weight excluding hydrogens is 536 g/mol. The molecule has 0 saturated heterocycles. The number of fused-ring (bicyclic) bond motifs is 7. The summed E-state index contributed by atoms with van der Waals surface area (Å²) in [6, 6.07) is 55.8. The van der Waals surface area contributed by atoms with Crippen LogP contribution in [0.1, 0.15) is 0 Å². The van der Waals surface area contributed by atoms with Crippen LogP contribution in [0.2, 0.25) is 0 Å². The summed E-state index contributed by atoms with van der Waals surface area (Å²) >= 11 is 0. The molecule has 0 spiro atoms. The highest BCUT2D eigenvalue weighted by Crippen LogP contribution is 2.40. The largest absolute Gasteiger partial charge is 0.452 e. The molecule has 9 aromatic rings. The highest BCUT2D eigenvalue weighted by molar-refractivity contribution is 6.19. The van der Waals surface area contributed by atoms with E-state index in [-0.39, 0.29) is 0 Å². The molecule has 7 aromatic carbocycles. The lowest BCUT2D eigenvalue weighted by Gasteiger charge is -2.10. The van der Waals surface area contributed by atoms with Gasteiger partial charge in [0, 0.05) is 21.5 Å². The van der Waals surface area contributed by atoms with Crippen molar-refractivity contribution in [3.8, 4) is 44.5 Å². The van der Waals surface area contributed by atoms with Crippen LogP contribution in [0.3, 0.4) is 0 Å². The molecule has 0 aliphatic carbocycles. The molecule has 0 radical (unpaired) electrons.